The lowest BCUT2D eigenvalue weighted by Gasteiger charge is -2.11. The van der Waals surface area contributed by atoms with Crippen molar-refractivity contribution in [2.24, 2.45) is 0 Å². The zero-order valence-electron chi connectivity index (χ0n) is 11.4. The lowest BCUT2D eigenvalue weighted by atomic mass is 10.2. The fourth-order valence-corrected chi connectivity index (χ4v) is 2.17. The highest BCUT2D eigenvalue weighted by Crippen LogP contribution is 2.24. The molecule has 4 nitrogen and oxygen atoms in total. The third-order valence-corrected chi connectivity index (χ3v) is 3.30. The van der Waals surface area contributed by atoms with Gasteiger partial charge in [-0.1, -0.05) is 13.3 Å². The van der Waals surface area contributed by atoms with E-state index in [0.717, 1.165) is 54.2 Å². The summed E-state index contributed by atoms with van der Waals surface area (Å²) in [5.41, 5.74) is 1.08. The van der Waals surface area contributed by atoms with Gasteiger partial charge in [-0.3, -0.25) is 0 Å². The zero-order valence-corrected chi connectivity index (χ0v) is 13.0. The van der Waals surface area contributed by atoms with Gasteiger partial charge in [0.1, 0.15) is 11.6 Å². The second kappa shape index (κ2) is 8.43. The Hall–Kier alpha value is -0.680. The molecular weight excluding hydrogens is 294 g/mol. The van der Waals surface area contributed by atoms with Gasteiger partial charge < -0.3 is 10.1 Å². The molecule has 102 valence electrons. The molecule has 0 saturated heterocycles. The Labute approximate surface area is 118 Å². The summed E-state index contributed by atoms with van der Waals surface area (Å²) in [5, 5.41) is 3.27. The van der Waals surface area contributed by atoms with Crippen LogP contribution in [0, 0.1) is 0 Å². The highest BCUT2D eigenvalue weighted by Gasteiger charge is 2.11. The number of rotatable bonds is 8. The van der Waals surface area contributed by atoms with Gasteiger partial charge in [0, 0.05) is 19.6 Å². The van der Waals surface area contributed by atoms with Crippen LogP contribution in [0.5, 0.6) is 0 Å². The van der Waals surface area contributed by atoms with Crippen molar-refractivity contribution in [3.05, 3.63) is 16.0 Å². The van der Waals surface area contributed by atoms with Gasteiger partial charge in [-0.2, -0.15) is 0 Å². The standard InChI is InChI=1S/C13H22BrN3O/c1-4-7-10-12(14)13(15-5-2)17-11(16-10)8-9-18-6-3/h4-9H2,1-3H3,(H,15,16,17). The van der Waals surface area contributed by atoms with E-state index in [1.165, 1.54) is 0 Å². The highest BCUT2D eigenvalue weighted by atomic mass is 79.9. The zero-order chi connectivity index (χ0) is 13.4. The molecule has 0 bridgehead atoms. The quantitative estimate of drug-likeness (QED) is 0.748. The molecule has 0 saturated carbocycles. The molecule has 0 aliphatic carbocycles. The largest absolute Gasteiger partial charge is 0.381 e. The molecule has 0 unspecified atom stereocenters. The molecule has 1 aromatic rings. The van der Waals surface area contributed by atoms with Gasteiger partial charge in [-0.05, 0) is 36.2 Å². The predicted octanol–water partition coefficient (Wildman–Crippen LogP) is 3.20. The predicted molar refractivity (Wildman–Crippen MR) is 78.1 cm³/mol. The van der Waals surface area contributed by atoms with Crippen LogP contribution in [0.4, 0.5) is 5.82 Å². The SMILES string of the molecule is CCCc1nc(CCOCC)nc(NCC)c1Br. The summed E-state index contributed by atoms with van der Waals surface area (Å²) >= 11 is 3.58. The van der Waals surface area contributed by atoms with Gasteiger partial charge in [0.15, 0.2) is 0 Å². The maximum Gasteiger partial charge on any atom is 0.144 e. The van der Waals surface area contributed by atoms with E-state index < -0.39 is 0 Å². The molecule has 0 aromatic carbocycles. The molecular formula is C13H22BrN3O. The maximum absolute atomic E-state index is 5.36. The van der Waals surface area contributed by atoms with Crippen LogP contribution in [0.15, 0.2) is 4.47 Å². The molecule has 18 heavy (non-hydrogen) atoms. The monoisotopic (exact) mass is 315 g/mol. The molecule has 0 fully saturated rings. The molecule has 1 rings (SSSR count). The number of halogens is 1. The Bertz CT molecular complexity index is 344. The molecule has 0 aliphatic rings. The molecule has 0 atom stereocenters. The number of hydrogen-bond acceptors (Lipinski definition) is 4. The van der Waals surface area contributed by atoms with E-state index in [4.69, 9.17) is 4.74 Å². The summed E-state index contributed by atoms with van der Waals surface area (Å²) in [7, 11) is 0. The number of aromatic nitrogens is 2. The number of nitrogens with one attached hydrogen (secondary N) is 1. The normalized spacial score (nSPS) is 10.7. The Balaban J connectivity index is 2.88. The molecule has 0 radical (unpaired) electrons. The van der Waals surface area contributed by atoms with Crippen molar-refractivity contribution >= 4 is 21.7 Å². The van der Waals surface area contributed by atoms with Gasteiger partial charge in [0.25, 0.3) is 0 Å². The molecule has 0 amide bonds. The maximum atomic E-state index is 5.36. The summed E-state index contributed by atoms with van der Waals surface area (Å²) in [6.07, 6.45) is 2.80. The second-order valence-corrected chi connectivity index (χ2v) is 4.77. The van der Waals surface area contributed by atoms with E-state index in [0.29, 0.717) is 6.61 Å². The Morgan fingerprint density at radius 2 is 1.94 bits per heavy atom. The summed E-state index contributed by atoms with van der Waals surface area (Å²) in [6, 6.07) is 0. The summed E-state index contributed by atoms with van der Waals surface area (Å²) in [6.45, 7) is 8.48. The van der Waals surface area contributed by atoms with Gasteiger partial charge in [0.05, 0.1) is 16.8 Å². The van der Waals surface area contributed by atoms with Crippen molar-refractivity contribution in [3.63, 3.8) is 0 Å². The first-order valence-electron chi connectivity index (χ1n) is 6.59. The molecule has 0 aliphatic heterocycles. The first kappa shape index (κ1) is 15.4. The van der Waals surface area contributed by atoms with Crippen molar-refractivity contribution in [2.75, 3.05) is 25.1 Å². The van der Waals surface area contributed by atoms with Crippen LogP contribution in [0.25, 0.3) is 0 Å². The average molecular weight is 316 g/mol. The number of nitrogens with zero attached hydrogens (tertiary/aromatic N) is 2. The smallest absolute Gasteiger partial charge is 0.144 e. The number of anilines is 1. The molecule has 1 heterocycles. The summed E-state index contributed by atoms with van der Waals surface area (Å²) in [4.78, 5) is 9.13. The molecule has 5 heteroatoms. The Morgan fingerprint density at radius 3 is 2.56 bits per heavy atom. The number of aryl methyl sites for hydroxylation is 1. The van der Waals surface area contributed by atoms with Crippen LogP contribution in [0.1, 0.15) is 38.7 Å². The summed E-state index contributed by atoms with van der Waals surface area (Å²) in [5.74, 6) is 1.74. The van der Waals surface area contributed by atoms with Crippen LogP contribution in [-0.4, -0.2) is 29.7 Å². The van der Waals surface area contributed by atoms with Crippen LogP contribution in [0.2, 0.25) is 0 Å². The lowest BCUT2D eigenvalue weighted by Crippen LogP contribution is -2.10. The van der Waals surface area contributed by atoms with Crippen LogP contribution in [-0.2, 0) is 17.6 Å². The molecule has 1 N–H and O–H groups in total. The van der Waals surface area contributed by atoms with Crippen molar-refractivity contribution < 1.29 is 4.74 Å². The fraction of sp³-hybridized carbons (Fsp3) is 0.692. The minimum Gasteiger partial charge on any atom is -0.381 e. The van der Waals surface area contributed by atoms with E-state index in [-0.39, 0.29) is 0 Å². The third-order valence-electron chi connectivity index (χ3n) is 2.47. The first-order valence-corrected chi connectivity index (χ1v) is 7.39. The lowest BCUT2D eigenvalue weighted by molar-refractivity contribution is 0.149. The molecule has 0 spiro atoms. The van der Waals surface area contributed by atoms with Crippen molar-refractivity contribution in [3.8, 4) is 0 Å². The minimum atomic E-state index is 0.676. The van der Waals surface area contributed by atoms with Crippen LogP contribution in [0.3, 0.4) is 0 Å². The van der Waals surface area contributed by atoms with Gasteiger partial charge >= 0.3 is 0 Å². The number of hydrogen-bond donors (Lipinski definition) is 1. The van der Waals surface area contributed by atoms with Gasteiger partial charge in [-0.25, -0.2) is 9.97 Å². The van der Waals surface area contributed by atoms with Crippen LogP contribution < -0.4 is 5.32 Å². The Kier molecular flexibility index (Phi) is 7.20. The van der Waals surface area contributed by atoms with E-state index >= 15 is 0 Å². The van der Waals surface area contributed by atoms with Crippen molar-refractivity contribution in [1.82, 2.24) is 9.97 Å². The summed E-state index contributed by atoms with van der Waals surface area (Å²) < 4.78 is 6.35. The van der Waals surface area contributed by atoms with Gasteiger partial charge in [-0.15, -0.1) is 0 Å². The van der Waals surface area contributed by atoms with E-state index in [2.05, 4.69) is 45.1 Å². The third kappa shape index (κ3) is 4.53. The Morgan fingerprint density at radius 1 is 1.17 bits per heavy atom. The van der Waals surface area contributed by atoms with Crippen molar-refractivity contribution in [1.29, 1.82) is 0 Å². The molecule has 1 aromatic heterocycles. The van der Waals surface area contributed by atoms with E-state index in [1.807, 2.05) is 6.92 Å². The highest BCUT2D eigenvalue weighted by molar-refractivity contribution is 9.10. The fourth-order valence-electron chi connectivity index (χ4n) is 1.65. The van der Waals surface area contributed by atoms with Crippen LogP contribution >= 0.6 is 15.9 Å². The number of ether oxygens (including phenoxy) is 1. The second-order valence-electron chi connectivity index (χ2n) is 3.98. The van der Waals surface area contributed by atoms with E-state index in [9.17, 15) is 0 Å². The first-order chi connectivity index (χ1) is 8.72. The van der Waals surface area contributed by atoms with E-state index in [1.54, 1.807) is 0 Å². The topological polar surface area (TPSA) is 47.0 Å². The average Bonchev–Trinajstić information content (AvgIpc) is 2.35. The minimum absolute atomic E-state index is 0.676. The van der Waals surface area contributed by atoms with Gasteiger partial charge in [0.2, 0.25) is 0 Å². The van der Waals surface area contributed by atoms with Crippen molar-refractivity contribution in [2.45, 2.75) is 40.0 Å².